The third kappa shape index (κ3) is 15.4. The van der Waals surface area contributed by atoms with E-state index in [0.29, 0.717) is 26.6 Å². The molecule has 0 aliphatic carbocycles. The molecule has 1 rings (SSSR count). The lowest BCUT2D eigenvalue weighted by molar-refractivity contribution is -0.253. The average molecular weight is 547 g/mol. The number of hydrogen-bond acceptors (Lipinski definition) is 8. The number of esters is 2. The standard InChI is InChI=1S/C30H56O8/c1-3-5-7-9-11-13-15-17-19-21-26(31)36-23-25-28(33)29(34)30(35,38-25)24-37-27(32)22-20-18-16-14-12-10-8-6-4-2/h25,28-29,33-35H,3-24H2,1-2H3/t25-,28-,29-,30?/m1/s1/i1D,2D. The summed E-state index contributed by atoms with van der Waals surface area (Å²) in [4.78, 5) is 24.1. The first-order valence-corrected chi connectivity index (χ1v) is 15.0. The first-order chi connectivity index (χ1) is 19.3. The maximum Gasteiger partial charge on any atom is 0.305 e. The molecule has 0 aromatic carbocycles. The summed E-state index contributed by atoms with van der Waals surface area (Å²) in [5.41, 5.74) is 0. The first kappa shape index (κ1) is 31.3. The number of aliphatic hydroxyl groups excluding tert-OH is 2. The quantitative estimate of drug-likeness (QED) is 0.104. The van der Waals surface area contributed by atoms with Gasteiger partial charge in [0, 0.05) is 15.6 Å². The molecule has 0 spiro atoms. The van der Waals surface area contributed by atoms with Gasteiger partial charge in [-0.05, 0) is 12.8 Å². The van der Waals surface area contributed by atoms with Gasteiger partial charge in [0.1, 0.15) is 31.5 Å². The van der Waals surface area contributed by atoms with Crippen LogP contribution in [0.2, 0.25) is 0 Å². The first-order valence-electron chi connectivity index (χ1n) is 16.4. The maximum absolute atomic E-state index is 12.1. The number of carbonyl (C=O) groups excluding carboxylic acids is 2. The number of rotatable bonds is 24. The van der Waals surface area contributed by atoms with Gasteiger partial charge >= 0.3 is 11.9 Å². The van der Waals surface area contributed by atoms with Crippen LogP contribution >= 0.6 is 0 Å². The minimum absolute atomic E-state index is 0.200. The summed E-state index contributed by atoms with van der Waals surface area (Å²) in [5.74, 6) is -3.19. The number of carbonyl (C=O) groups is 2. The molecule has 4 atom stereocenters. The van der Waals surface area contributed by atoms with Crippen LogP contribution in [0.5, 0.6) is 0 Å². The molecule has 0 aromatic rings. The van der Waals surface area contributed by atoms with Gasteiger partial charge in [0.05, 0.1) is 0 Å². The summed E-state index contributed by atoms with van der Waals surface area (Å²) in [6.45, 7) is 0.0913. The summed E-state index contributed by atoms with van der Waals surface area (Å²) < 4.78 is 29.9. The van der Waals surface area contributed by atoms with Crippen LogP contribution in [-0.4, -0.2) is 64.6 Å². The minimum Gasteiger partial charge on any atom is -0.463 e. The van der Waals surface area contributed by atoms with Gasteiger partial charge in [0.25, 0.3) is 0 Å². The van der Waals surface area contributed by atoms with Gasteiger partial charge in [-0.1, -0.05) is 117 Å². The minimum atomic E-state index is -2.26. The Morgan fingerprint density at radius 2 is 1.13 bits per heavy atom. The van der Waals surface area contributed by atoms with Gasteiger partial charge < -0.3 is 29.5 Å². The van der Waals surface area contributed by atoms with Crippen LogP contribution < -0.4 is 0 Å². The molecule has 0 bridgehead atoms. The lowest BCUT2D eigenvalue weighted by Gasteiger charge is -2.25. The van der Waals surface area contributed by atoms with Gasteiger partial charge in [0.2, 0.25) is 5.79 Å². The van der Waals surface area contributed by atoms with E-state index in [1.807, 2.05) is 0 Å². The highest BCUT2D eigenvalue weighted by atomic mass is 16.7. The molecule has 3 N–H and O–H groups in total. The van der Waals surface area contributed by atoms with E-state index < -0.39 is 42.6 Å². The third-order valence-corrected chi connectivity index (χ3v) is 7.13. The zero-order valence-electron chi connectivity index (χ0n) is 25.6. The van der Waals surface area contributed by atoms with Crippen LogP contribution in [0.1, 0.15) is 145 Å². The van der Waals surface area contributed by atoms with Crippen molar-refractivity contribution in [2.45, 2.75) is 166 Å². The summed E-state index contributed by atoms with van der Waals surface area (Å²) in [6, 6.07) is 0. The van der Waals surface area contributed by atoms with Crippen molar-refractivity contribution in [2.24, 2.45) is 0 Å². The van der Waals surface area contributed by atoms with Gasteiger partial charge in [0.15, 0.2) is 0 Å². The molecule has 0 saturated carbocycles. The summed E-state index contributed by atoms with van der Waals surface area (Å²) >= 11 is 0. The van der Waals surface area contributed by atoms with E-state index in [-0.39, 0.29) is 19.4 Å². The summed E-state index contributed by atoms with van der Waals surface area (Å²) in [7, 11) is 0. The van der Waals surface area contributed by atoms with Crippen molar-refractivity contribution in [2.75, 3.05) is 13.2 Å². The Balaban J connectivity index is 2.12. The molecule has 8 nitrogen and oxygen atoms in total. The zero-order chi connectivity index (χ0) is 29.5. The number of aliphatic hydroxyl groups is 3. The van der Waals surface area contributed by atoms with Crippen molar-refractivity contribution in [3.8, 4) is 0 Å². The highest BCUT2D eigenvalue weighted by molar-refractivity contribution is 5.69. The maximum atomic E-state index is 12.1. The second kappa shape index (κ2) is 21.6. The van der Waals surface area contributed by atoms with E-state index >= 15 is 0 Å². The highest BCUT2D eigenvalue weighted by Gasteiger charge is 2.54. The highest BCUT2D eigenvalue weighted by Crippen LogP contribution is 2.30. The average Bonchev–Trinajstić information content (AvgIpc) is 3.16. The summed E-state index contributed by atoms with van der Waals surface area (Å²) in [5, 5.41) is 31.1. The molecule has 1 saturated heterocycles. The van der Waals surface area contributed by atoms with E-state index in [2.05, 4.69) is 0 Å². The van der Waals surface area contributed by atoms with Crippen LogP contribution in [0.25, 0.3) is 0 Å². The molecule has 0 aromatic heterocycles. The van der Waals surface area contributed by atoms with Crippen molar-refractivity contribution in [1.29, 1.82) is 0 Å². The molecular weight excluding hydrogens is 488 g/mol. The topological polar surface area (TPSA) is 123 Å². The lowest BCUT2D eigenvalue weighted by Crippen LogP contribution is -2.47. The van der Waals surface area contributed by atoms with E-state index in [1.165, 1.54) is 38.5 Å². The van der Waals surface area contributed by atoms with Gasteiger partial charge in [-0.2, -0.15) is 0 Å². The largest absolute Gasteiger partial charge is 0.463 e. The Bertz CT molecular complexity index is 653. The van der Waals surface area contributed by atoms with Crippen LogP contribution in [0.15, 0.2) is 0 Å². The number of hydrogen-bond donors (Lipinski definition) is 3. The second-order valence-corrected chi connectivity index (χ2v) is 10.6. The number of ether oxygens (including phenoxy) is 3. The second-order valence-electron chi connectivity index (χ2n) is 10.6. The Kier molecular flexibility index (Phi) is 17.8. The molecule has 0 radical (unpaired) electrons. The van der Waals surface area contributed by atoms with Crippen LogP contribution in [-0.2, 0) is 23.8 Å². The molecule has 224 valence electrons. The monoisotopic (exact) mass is 546 g/mol. The molecule has 1 aliphatic rings. The van der Waals surface area contributed by atoms with Crippen molar-refractivity contribution in [1.82, 2.24) is 0 Å². The van der Waals surface area contributed by atoms with Crippen molar-refractivity contribution >= 4 is 11.9 Å². The van der Waals surface area contributed by atoms with Crippen LogP contribution in [0, 0.1) is 0 Å². The Morgan fingerprint density at radius 1 is 0.711 bits per heavy atom. The summed E-state index contributed by atoms with van der Waals surface area (Å²) in [6.07, 6.45) is 15.0. The van der Waals surface area contributed by atoms with Crippen molar-refractivity contribution in [3.05, 3.63) is 0 Å². The fraction of sp³-hybridized carbons (Fsp3) is 0.933. The lowest BCUT2D eigenvalue weighted by atomic mass is 10.1. The molecule has 0 amide bonds. The third-order valence-electron chi connectivity index (χ3n) is 7.13. The SMILES string of the molecule is [2H]CCCCCCCCCCCC(=O)OC[C@H]1OC(O)(COC(=O)CCCCCCCCCCC[2H])[C@H](O)[C@@H]1O. The normalized spacial score (nSPS) is 23.7. The van der Waals surface area contributed by atoms with Crippen molar-refractivity contribution in [3.63, 3.8) is 0 Å². The van der Waals surface area contributed by atoms with Crippen LogP contribution in [0.4, 0.5) is 0 Å². The van der Waals surface area contributed by atoms with Gasteiger partial charge in [-0.25, -0.2) is 0 Å². The molecule has 8 heteroatoms. The predicted molar refractivity (Wildman–Crippen MR) is 147 cm³/mol. The van der Waals surface area contributed by atoms with Crippen LogP contribution in [0.3, 0.4) is 0 Å². The zero-order valence-corrected chi connectivity index (χ0v) is 23.6. The molecule has 1 unspecified atom stereocenters. The molecule has 38 heavy (non-hydrogen) atoms. The van der Waals surface area contributed by atoms with E-state index in [0.717, 1.165) is 64.2 Å². The predicted octanol–water partition coefficient (Wildman–Crippen LogP) is 5.72. The number of unbranched alkanes of at least 4 members (excludes halogenated alkanes) is 16. The smallest absolute Gasteiger partial charge is 0.305 e. The van der Waals surface area contributed by atoms with Gasteiger partial charge in [-0.3, -0.25) is 9.59 Å². The molecule has 1 fully saturated rings. The van der Waals surface area contributed by atoms with E-state index in [4.69, 9.17) is 17.0 Å². The fourth-order valence-corrected chi connectivity index (χ4v) is 4.64. The van der Waals surface area contributed by atoms with E-state index in [9.17, 15) is 24.9 Å². The Hall–Kier alpha value is -1.22. The van der Waals surface area contributed by atoms with Crippen molar-refractivity contribution < 1.29 is 41.9 Å². The fourth-order valence-electron chi connectivity index (χ4n) is 4.64. The Labute approximate surface area is 233 Å². The molecular formula is C30H56O8. The van der Waals surface area contributed by atoms with Gasteiger partial charge in [-0.15, -0.1) is 0 Å². The van der Waals surface area contributed by atoms with E-state index in [1.54, 1.807) is 0 Å². The molecule has 1 heterocycles. The Morgan fingerprint density at radius 3 is 1.61 bits per heavy atom. The molecule has 1 aliphatic heterocycles.